The number of halogens is 3. The van der Waals surface area contributed by atoms with Crippen LogP contribution in [0.15, 0.2) is 0 Å². The van der Waals surface area contributed by atoms with E-state index in [1.54, 1.807) is 0 Å². The van der Waals surface area contributed by atoms with Crippen LogP contribution in [0.3, 0.4) is 0 Å². The molecule has 0 aromatic carbocycles. The molecule has 2 rings (SSSR count). The van der Waals surface area contributed by atoms with Gasteiger partial charge in [-0.05, 0) is 44.4 Å². The first-order valence-electron chi connectivity index (χ1n) is 7.21. The molecule has 4 heteroatoms. The molecular weight excluding hydrogens is 241 g/mol. The SMILES string of the molecule is OC1(C2CCCCCC2)CCC(C(F)(F)F)CC1. The first-order chi connectivity index (χ1) is 8.42. The maximum Gasteiger partial charge on any atom is 0.391 e. The summed E-state index contributed by atoms with van der Waals surface area (Å²) in [6.45, 7) is 0. The van der Waals surface area contributed by atoms with E-state index in [0.29, 0.717) is 12.8 Å². The number of aliphatic hydroxyl groups is 1. The van der Waals surface area contributed by atoms with Crippen molar-refractivity contribution in [3.63, 3.8) is 0 Å². The summed E-state index contributed by atoms with van der Waals surface area (Å²) < 4.78 is 37.9. The second-order valence-corrected chi connectivity index (χ2v) is 6.11. The Labute approximate surface area is 107 Å². The van der Waals surface area contributed by atoms with Gasteiger partial charge in [0.05, 0.1) is 11.5 Å². The van der Waals surface area contributed by atoms with E-state index in [1.807, 2.05) is 0 Å². The van der Waals surface area contributed by atoms with Crippen molar-refractivity contribution < 1.29 is 18.3 Å². The van der Waals surface area contributed by atoms with Crippen molar-refractivity contribution in [2.24, 2.45) is 11.8 Å². The lowest BCUT2D eigenvalue weighted by atomic mass is 9.70. The Bertz CT molecular complexity index is 259. The Hall–Kier alpha value is -0.250. The van der Waals surface area contributed by atoms with Gasteiger partial charge in [0.25, 0.3) is 0 Å². The highest BCUT2D eigenvalue weighted by molar-refractivity contribution is 4.93. The van der Waals surface area contributed by atoms with Crippen LogP contribution in [0.4, 0.5) is 13.2 Å². The standard InChI is InChI=1S/C14H23F3O/c15-14(16,17)12-7-9-13(18,10-8-12)11-5-3-1-2-4-6-11/h11-12,18H,1-10H2. The van der Waals surface area contributed by atoms with Gasteiger partial charge in [0.1, 0.15) is 0 Å². The zero-order valence-electron chi connectivity index (χ0n) is 10.8. The quantitative estimate of drug-likeness (QED) is 0.694. The van der Waals surface area contributed by atoms with Crippen molar-refractivity contribution in [3.8, 4) is 0 Å². The monoisotopic (exact) mass is 264 g/mol. The van der Waals surface area contributed by atoms with Gasteiger partial charge in [-0.1, -0.05) is 25.7 Å². The van der Waals surface area contributed by atoms with Gasteiger partial charge in [0, 0.05) is 0 Å². The average molecular weight is 264 g/mol. The number of hydrogen-bond acceptors (Lipinski definition) is 1. The predicted molar refractivity (Wildman–Crippen MR) is 64.2 cm³/mol. The van der Waals surface area contributed by atoms with Crippen molar-refractivity contribution in [2.75, 3.05) is 0 Å². The van der Waals surface area contributed by atoms with Crippen LogP contribution in [-0.2, 0) is 0 Å². The molecule has 0 atom stereocenters. The summed E-state index contributed by atoms with van der Waals surface area (Å²) >= 11 is 0. The van der Waals surface area contributed by atoms with Crippen LogP contribution < -0.4 is 0 Å². The van der Waals surface area contributed by atoms with Crippen LogP contribution in [-0.4, -0.2) is 16.9 Å². The van der Waals surface area contributed by atoms with E-state index < -0.39 is 17.7 Å². The summed E-state index contributed by atoms with van der Waals surface area (Å²) in [6.07, 6.45) is 3.45. The molecular formula is C14H23F3O. The molecule has 0 radical (unpaired) electrons. The zero-order chi connectivity index (χ0) is 13.2. The number of alkyl halides is 3. The maximum absolute atomic E-state index is 12.6. The van der Waals surface area contributed by atoms with Gasteiger partial charge < -0.3 is 5.11 Å². The molecule has 0 aromatic rings. The van der Waals surface area contributed by atoms with Gasteiger partial charge in [0.2, 0.25) is 0 Å². The largest absolute Gasteiger partial charge is 0.391 e. The molecule has 18 heavy (non-hydrogen) atoms. The average Bonchev–Trinajstić information content (AvgIpc) is 2.57. The van der Waals surface area contributed by atoms with Gasteiger partial charge in [-0.25, -0.2) is 0 Å². The summed E-state index contributed by atoms with van der Waals surface area (Å²) in [5.41, 5.74) is -0.813. The summed E-state index contributed by atoms with van der Waals surface area (Å²) in [5, 5.41) is 10.6. The number of rotatable bonds is 1. The lowest BCUT2D eigenvalue weighted by Crippen LogP contribution is -2.43. The predicted octanol–water partition coefficient (Wildman–Crippen LogP) is 4.44. The molecule has 0 bridgehead atoms. The lowest BCUT2D eigenvalue weighted by Gasteiger charge is -2.42. The normalized spacial score (nSPS) is 36.3. The van der Waals surface area contributed by atoms with Crippen molar-refractivity contribution in [1.29, 1.82) is 0 Å². The highest BCUT2D eigenvalue weighted by Gasteiger charge is 2.47. The molecule has 2 aliphatic rings. The summed E-state index contributed by atoms with van der Waals surface area (Å²) in [4.78, 5) is 0. The van der Waals surface area contributed by atoms with Crippen LogP contribution in [0.5, 0.6) is 0 Å². The fourth-order valence-corrected chi connectivity index (χ4v) is 3.67. The molecule has 0 aliphatic heterocycles. The van der Waals surface area contributed by atoms with Crippen molar-refractivity contribution in [3.05, 3.63) is 0 Å². The van der Waals surface area contributed by atoms with Gasteiger partial charge in [0.15, 0.2) is 0 Å². The second-order valence-electron chi connectivity index (χ2n) is 6.11. The fourth-order valence-electron chi connectivity index (χ4n) is 3.67. The molecule has 0 aromatic heterocycles. The minimum Gasteiger partial charge on any atom is -0.390 e. The van der Waals surface area contributed by atoms with Gasteiger partial charge in [-0.15, -0.1) is 0 Å². The molecule has 0 amide bonds. The van der Waals surface area contributed by atoms with Gasteiger partial charge in [-0.3, -0.25) is 0 Å². The Morgan fingerprint density at radius 1 is 0.833 bits per heavy atom. The van der Waals surface area contributed by atoms with Crippen LogP contribution in [0, 0.1) is 11.8 Å². The summed E-state index contributed by atoms with van der Waals surface area (Å²) in [5.74, 6) is -0.960. The molecule has 2 saturated carbocycles. The van der Waals surface area contributed by atoms with E-state index in [9.17, 15) is 18.3 Å². The van der Waals surface area contributed by atoms with E-state index >= 15 is 0 Å². The smallest absolute Gasteiger partial charge is 0.390 e. The van der Waals surface area contributed by atoms with Crippen LogP contribution in [0.1, 0.15) is 64.2 Å². The van der Waals surface area contributed by atoms with E-state index in [-0.39, 0.29) is 18.8 Å². The molecule has 106 valence electrons. The Morgan fingerprint density at radius 2 is 1.33 bits per heavy atom. The topological polar surface area (TPSA) is 20.2 Å². The minimum atomic E-state index is -4.08. The Morgan fingerprint density at radius 3 is 1.78 bits per heavy atom. The lowest BCUT2D eigenvalue weighted by molar-refractivity contribution is -0.196. The van der Waals surface area contributed by atoms with E-state index in [4.69, 9.17) is 0 Å². The first kappa shape index (κ1) is 14.2. The highest BCUT2D eigenvalue weighted by Crippen LogP contribution is 2.46. The van der Waals surface area contributed by atoms with Crippen molar-refractivity contribution in [1.82, 2.24) is 0 Å². The van der Waals surface area contributed by atoms with E-state index in [1.165, 1.54) is 12.8 Å². The minimum absolute atomic E-state index is 0.108. The van der Waals surface area contributed by atoms with Crippen molar-refractivity contribution in [2.45, 2.75) is 76.0 Å². The summed E-state index contributed by atoms with van der Waals surface area (Å²) in [6, 6.07) is 0. The molecule has 0 unspecified atom stereocenters. The Balaban J connectivity index is 1.93. The zero-order valence-corrected chi connectivity index (χ0v) is 10.8. The molecule has 0 saturated heterocycles. The molecule has 1 N–H and O–H groups in total. The fraction of sp³-hybridized carbons (Fsp3) is 1.00. The second kappa shape index (κ2) is 5.40. The van der Waals surface area contributed by atoms with Crippen LogP contribution >= 0.6 is 0 Å². The molecule has 1 nitrogen and oxygen atoms in total. The van der Waals surface area contributed by atoms with Crippen LogP contribution in [0.2, 0.25) is 0 Å². The third-order valence-electron chi connectivity index (χ3n) is 4.93. The third-order valence-corrected chi connectivity index (χ3v) is 4.93. The first-order valence-corrected chi connectivity index (χ1v) is 7.21. The number of hydrogen-bond donors (Lipinski definition) is 1. The van der Waals surface area contributed by atoms with E-state index in [0.717, 1.165) is 25.7 Å². The maximum atomic E-state index is 12.6. The highest BCUT2D eigenvalue weighted by atomic mass is 19.4. The van der Waals surface area contributed by atoms with Gasteiger partial charge >= 0.3 is 6.18 Å². The molecule has 0 spiro atoms. The van der Waals surface area contributed by atoms with Crippen molar-refractivity contribution >= 4 is 0 Å². The molecule has 0 heterocycles. The molecule has 2 fully saturated rings. The summed E-state index contributed by atoms with van der Waals surface area (Å²) in [7, 11) is 0. The third kappa shape index (κ3) is 3.19. The van der Waals surface area contributed by atoms with Crippen LogP contribution in [0.25, 0.3) is 0 Å². The van der Waals surface area contributed by atoms with Gasteiger partial charge in [-0.2, -0.15) is 13.2 Å². The Kier molecular flexibility index (Phi) is 4.25. The van der Waals surface area contributed by atoms with E-state index in [2.05, 4.69) is 0 Å². The molecule has 2 aliphatic carbocycles.